The minimum Gasteiger partial charge on any atom is -0.481 e. The van der Waals surface area contributed by atoms with E-state index in [1.165, 1.54) is 0 Å². The molecule has 0 aromatic rings. The van der Waals surface area contributed by atoms with Crippen LogP contribution in [0, 0.1) is 11.3 Å². The highest BCUT2D eigenvalue weighted by atomic mass is 16.4. The van der Waals surface area contributed by atoms with E-state index in [0.29, 0.717) is 12.0 Å². The van der Waals surface area contributed by atoms with Gasteiger partial charge in [0.15, 0.2) is 0 Å². The zero-order valence-corrected chi connectivity index (χ0v) is 12.7. The normalized spacial score (nSPS) is 22.9. The third-order valence-electron chi connectivity index (χ3n) is 4.13. The largest absolute Gasteiger partial charge is 0.481 e. The second kappa shape index (κ2) is 6.25. The van der Waals surface area contributed by atoms with Crippen LogP contribution in [-0.2, 0) is 9.59 Å². The quantitative estimate of drug-likeness (QED) is 0.779. The van der Waals surface area contributed by atoms with Gasteiger partial charge in [0.05, 0.1) is 5.41 Å². The lowest BCUT2D eigenvalue weighted by molar-refractivity contribution is -0.147. The van der Waals surface area contributed by atoms with Gasteiger partial charge in [0.1, 0.15) is 0 Å². The van der Waals surface area contributed by atoms with Crippen LogP contribution in [0.5, 0.6) is 0 Å². The minimum absolute atomic E-state index is 0.0908. The molecule has 0 heterocycles. The van der Waals surface area contributed by atoms with E-state index in [1.807, 2.05) is 20.8 Å². The Hall–Kier alpha value is -1.58. The van der Waals surface area contributed by atoms with Crippen molar-refractivity contribution in [3.05, 3.63) is 22.8 Å². The molecule has 4 nitrogen and oxygen atoms in total. The lowest BCUT2D eigenvalue weighted by Crippen LogP contribution is -2.38. The Morgan fingerprint density at radius 1 is 1.35 bits per heavy atom. The molecule has 0 radical (unpaired) electrons. The van der Waals surface area contributed by atoms with Gasteiger partial charge in [-0.3, -0.25) is 4.79 Å². The molecule has 0 aromatic carbocycles. The Labute approximate surface area is 120 Å². The van der Waals surface area contributed by atoms with Gasteiger partial charge in [-0.2, -0.15) is 0 Å². The van der Waals surface area contributed by atoms with Crippen LogP contribution >= 0.6 is 0 Å². The van der Waals surface area contributed by atoms with Crippen molar-refractivity contribution in [3.63, 3.8) is 0 Å². The molecule has 112 valence electrons. The van der Waals surface area contributed by atoms with Crippen LogP contribution in [0.4, 0.5) is 0 Å². The average Bonchev–Trinajstić information content (AvgIpc) is 2.36. The molecule has 0 bridgehead atoms. The Morgan fingerprint density at radius 3 is 2.35 bits per heavy atom. The number of allylic oxidation sites excluding steroid dienone is 2. The van der Waals surface area contributed by atoms with Gasteiger partial charge in [-0.05, 0) is 36.8 Å². The fraction of sp³-hybridized carbons (Fsp3) is 0.625. The summed E-state index contributed by atoms with van der Waals surface area (Å²) < 4.78 is 0. The van der Waals surface area contributed by atoms with Crippen LogP contribution < -0.4 is 0 Å². The first-order valence-corrected chi connectivity index (χ1v) is 7.14. The van der Waals surface area contributed by atoms with Crippen molar-refractivity contribution >= 4 is 11.9 Å². The second-order valence-corrected chi connectivity index (χ2v) is 5.89. The first-order valence-electron chi connectivity index (χ1n) is 7.14. The molecule has 1 aliphatic rings. The summed E-state index contributed by atoms with van der Waals surface area (Å²) in [4.78, 5) is 23.3. The van der Waals surface area contributed by atoms with Crippen molar-refractivity contribution in [1.29, 1.82) is 0 Å². The number of hydrogen-bond acceptors (Lipinski definition) is 2. The van der Waals surface area contributed by atoms with Gasteiger partial charge in [0.2, 0.25) is 0 Å². The van der Waals surface area contributed by atoms with Crippen molar-refractivity contribution in [2.24, 2.45) is 11.3 Å². The van der Waals surface area contributed by atoms with E-state index in [-0.39, 0.29) is 17.9 Å². The molecule has 0 saturated carbocycles. The number of aliphatic carboxylic acids is 2. The van der Waals surface area contributed by atoms with E-state index in [0.717, 1.165) is 18.4 Å². The molecule has 4 heteroatoms. The molecule has 1 rings (SSSR count). The zero-order chi connectivity index (χ0) is 15.5. The fourth-order valence-corrected chi connectivity index (χ4v) is 2.98. The van der Waals surface area contributed by atoms with Crippen LogP contribution in [0.2, 0.25) is 0 Å². The van der Waals surface area contributed by atoms with Crippen molar-refractivity contribution in [2.75, 3.05) is 0 Å². The predicted octanol–water partition coefficient (Wildman–Crippen LogP) is 3.63. The van der Waals surface area contributed by atoms with Gasteiger partial charge in [-0.15, -0.1) is 0 Å². The maximum absolute atomic E-state index is 11.9. The summed E-state index contributed by atoms with van der Waals surface area (Å²) in [6.45, 7) is 7.69. The molecular formula is C16H24O4. The molecule has 20 heavy (non-hydrogen) atoms. The van der Waals surface area contributed by atoms with Gasteiger partial charge in [0.25, 0.3) is 0 Å². The van der Waals surface area contributed by atoms with Crippen LogP contribution in [0.15, 0.2) is 22.8 Å². The SMILES string of the molecule is CCCCC1(C(=O)O)CC(C(=O)O)=C(C)C=C1C(C)C. The number of carbonyl (C=O) groups is 2. The molecule has 0 fully saturated rings. The minimum atomic E-state index is -1.06. The third-order valence-corrected chi connectivity index (χ3v) is 4.13. The topological polar surface area (TPSA) is 74.6 Å². The summed E-state index contributed by atoms with van der Waals surface area (Å²) in [5.74, 6) is -1.82. The van der Waals surface area contributed by atoms with Gasteiger partial charge < -0.3 is 10.2 Å². The Balaban J connectivity index is 3.38. The maximum atomic E-state index is 11.9. The van der Waals surface area contributed by atoms with Crippen molar-refractivity contribution in [1.82, 2.24) is 0 Å². The maximum Gasteiger partial charge on any atom is 0.331 e. The lowest BCUT2D eigenvalue weighted by atomic mass is 9.64. The summed E-state index contributed by atoms with van der Waals surface area (Å²) in [6.07, 6.45) is 4.04. The van der Waals surface area contributed by atoms with Crippen LogP contribution in [0.1, 0.15) is 53.4 Å². The molecule has 1 unspecified atom stereocenters. The van der Waals surface area contributed by atoms with E-state index in [9.17, 15) is 19.8 Å². The summed E-state index contributed by atoms with van der Waals surface area (Å²) in [6, 6.07) is 0. The van der Waals surface area contributed by atoms with E-state index >= 15 is 0 Å². The Bertz CT molecular complexity index is 471. The van der Waals surface area contributed by atoms with Crippen LogP contribution in [0.25, 0.3) is 0 Å². The number of hydrogen-bond donors (Lipinski definition) is 2. The first-order chi connectivity index (χ1) is 9.26. The predicted molar refractivity (Wildman–Crippen MR) is 77.5 cm³/mol. The van der Waals surface area contributed by atoms with Crippen molar-refractivity contribution in [3.8, 4) is 0 Å². The standard InChI is InChI=1S/C16H24O4/c1-5-6-7-16(15(19)20)9-12(14(17)18)11(4)8-13(16)10(2)3/h8,10H,5-7,9H2,1-4H3,(H,17,18)(H,19,20). The van der Waals surface area contributed by atoms with E-state index < -0.39 is 17.4 Å². The molecule has 1 aliphatic carbocycles. The highest BCUT2D eigenvalue weighted by Crippen LogP contribution is 2.47. The third kappa shape index (κ3) is 2.94. The van der Waals surface area contributed by atoms with Crippen molar-refractivity contribution < 1.29 is 19.8 Å². The Kier molecular flexibility index (Phi) is 5.15. The van der Waals surface area contributed by atoms with E-state index in [4.69, 9.17) is 0 Å². The lowest BCUT2D eigenvalue weighted by Gasteiger charge is -2.38. The number of carboxylic acid groups (broad SMARTS) is 2. The van der Waals surface area contributed by atoms with Crippen molar-refractivity contribution in [2.45, 2.75) is 53.4 Å². The molecule has 1 atom stereocenters. The smallest absolute Gasteiger partial charge is 0.331 e. The van der Waals surface area contributed by atoms with E-state index in [1.54, 1.807) is 13.0 Å². The number of rotatable bonds is 6. The molecule has 0 saturated heterocycles. The van der Waals surface area contributed by atoms with Crippen LogP contribution in [-0.4, -0.2) is 22.2 Å². The average molecular weight is 280 g/mol. The molecule has 0 aliphatic heterocycles. The van der Waals surface area contributed by atoms with Gasteiger partial charge in [-0.25, -0.2) is 4.79 Å². The monoisotopic (exact) mass is 280 g/mol. The number of unbranched alkanes of at least 4 members (excludes halogenated alkanes) is 1. The second-order valence-electron chi connectivity index (χ2n) is 5.89. The van der Waals surface area contributed by atoms with Crippen LogP contribution in [0.3, 0.4) is 0 Å². The molecule has 0 amide bonds. The summed E-state index contributed by atoms with van der Waals surface area (Å²) in [5, 5.41) is 19.1. The molecular weight excluding hydrogens is 256 g/mol. The zero-order valence-electron chi connectivity index (χ0n) is 12.7. The summed E-state index contributed by atoms with van der Waals surface area (Å²) in [5.41, 5.74) is 0.695. The summed E-state index contributed by atoms with van der Waals surface area (Å²) in [7, 11) is 0. The first kappa shape index (κ1) is 16.5. The summed E-state index contributed by atoms with van der Waals surface area (Å²) >= 11 is 0. The fourth-order valence-electron chi connectivity index (χ4n) is 2.98. The number of carboxylic acids is 2. The van der Waals surface area contributed by atoms with E-state index in [2.05, 4.69) is 0 Å². The molecule has 0 spiro atoms. The Morgan fingerprint density at radius 2 is 1.95 bits per heavy atom. The molecule has 0 aromatic heterocycles. The highest BCUT2D eigenvalue weighted by molar-refractivity contribution is 5.92. The highest BCUT2D eigenvalue weighted by Gasteiger charge is 2.46. The van der Waals surface area contributed by atoms with Gasteiger partial charge >= 0.3 is 11.9 Å². The van der Waals surface area contributed by atoms with Gasteiger partial charge in [-0.1, -0.05) is 39.7 Å². The molecule has 2 N–H and O–H groups in total. The van der Waals surface area contributed by atoms with Gasteiger partial charge in [0, 0.05) is 5.57 Å².